The zero-order valence-electron chi connectivity index (χ0n) is 11.4. The summed E-state index contributed by atoms with van der Waals surface area (Å²) < 4.78 is 0. The van der Waals surface area contributed by atoms with Crippen LogP contribution in [0.15, 0.2) is 24.3 Å². The van der Waals surface area contributed by atoms with Gasteiger partial charge >= 0.3 is 5.97 Å². The fourth-order valence-corrected chi connectivity index (χ4v) is 1.85. The number of carboxylic acid groups (broad SMARTS) is 1. The maximum atomic E-state index is 12.1. The predicted molar refractivity (Wildman–Crippen MR) is 74.5 cm³/mol. The molecule has 0 fully saturated rings. The highest BCUT2D eigenvalue weighted by Gasteiger charge is 2.31. The number of H-pyrrole nitrogens is 1. The Kier molecular flexibility index (Phi) is 3.74. The number of nitrogens with one attached hydrogen (secondary N) is 2. The van der Waals surface area contributed by atoms with Gasteiger partial charge in [0.05, 0.1) is 10.9 Å². The van der Waals surface area contributed by atoms with E-state index in [1.807, 2.05) is 18.2 Å². The number of rotatable bonds is 5. The summed E-state index contributed by atoms with van der Waals surface area (Å²) in [5.74, 6) is -1.30. The number of hydrogen-bond donors (Lipinski definition) is 3. The average molecular weight is 275 g/mol. The lowest BCUT2D eigenvalue weighted by molar-refractivity contribution is -0.147. The van der Waals surface area contributed by atoms with E-state index in [2.05, 4.69) is 15.5 Å². The maximum absolute atomic E-state index is 12.1. The van der Waals surface area contributed by atoms with Crippen molar-refractivity contribution in [2.75, 3.05) is 6.54 Å². The van der Waals surface area contributed by atoms with E-state index >= 15 is 0 Å². The second-order valence-corrected chi connectivity index (χ2v) is 5.02. The highest BCUT2D eigenvalue weighted by molar-refractivity contribution is 6.04. The van der Waals surface area contributed by atoms with Gasteiger partial charge in [-0.3, -0.25) is 14.7 Å². The van der Waals surface area contributed by atoms with E-state index < -0.39 is 11.4 Å². The number of carbonyl (C=O) groups is 2. The number of para-hydroxylation sites is 1. The smallest absolute Gasteiger partial charge is 0.311 e. The molecule has 1 atom stereocenters. The van der Waals surface area contributed by atoms with E-state index in [0.717, 1.165) is 10.9 Å². The lowest BCUT2D eigenvalue weighted by Gasteiger charge is -2.22. The Hall–Kier alpha value is -2.37. The van der Waals surface area contributed by atoms with Crippen LogP contribution in [-0.4, -0.2) is 33.7 Å². The quantitative estimate of drug-likeness (QED) is 0.775. The normalized spacial score (nSPS) is 13.9. The van der Waals surface area contributed by atoms with Crippen LogP contribution in [0.5, 0.6) is 0 Å². The van der Waals surface area contributed by atoms with Crippen molar-refractivity contribution < 1.29 is 14.7 Å². The first kappa shape index (κ1) is 14.0. The summed E-state index contributed by atoms with van der Waals surface area (Å²) in [4.78, 5) is 23.3. The molecule has 20 heavy (non-hydrogen) atoms. The van der Waals surface area contributed by atoms with Crippen molar-refractivity contribution in [1.82, 2.24) is 15.5 Å². The molecule has 0 bridgehead atoms. The summed E-state index contributed by atoms with van der Waals surface area (Å²) in [7, 11) is 0. The van der Waals surface area contributed by atoms with Crippen molar-refractivity contribution in [3.05, 3.63) is 30.0 Å². The monoisotopic (exact) mass is 275 g/mol. The number of amides is 1. The van der Waals surface area contributed by atoms with Crippen LogP contribution in [0, 0.1) is 5.41 Å². The van der Waals surface area contributed by atoms with Gasteiger partial charge < -0.3 is 10.4 Å². The molecule has 0 saturated heterocycles. The lowest BCUT2D eigenvalue weighted by atomic mass is 9.87. The van der Waals surface area contributed by atoms with Crippen LogP contribution in [0.25, 0.3) is 10.9 Å². The minimum absolute atomic E-state index is 0.0683. The summed E-state index contributed by atoms with van der Waals surface area (Å²) in [6.45, 7) is 3.46. The number of nitrogens with zero attached hydrogens (tertiary/aromatic N) is 1. The van der Waals surface area contributed by atoms with Crippen LogP contribution in [-0.2, 0) is 4.79 Å². The SMILES string of the molecule is CCC(C)(CNC(=O)c1n[nH]c2ccccc12)C(=O)O. The van der Waals surface area contributed by atoms with Gasteiger partial charge in [0.2, 0.25) is 0 Å². The zero-order valence-corrected chi connectivity index (χ0v) is 11.4. The largest absolute Gasteiger partial charge is 0.481 e. The minimum atomic E-state index is -0.970. The zero-order chi connectivity index (χ0) is 14.8. The van der Waals surface area contributed by atoms with Crippen LogP contribution < -0.4 is 5.32 Å². The Bertz CT molecular complexity index is 650. The first-order valence-electron chi connectivity index (χ1n) is 6.42. The Labute approximate surface area is 116 Å². The summed E-state index contributed by atoms with van der Waals surface area (Å²) >= 11 is 0. The summed E-state index contributed by atoms with van der Waals surface area (Å²) in [5, 5.41) is 19.3. The molecule has 6 nitrogen and oxygen atoms in total. The van der Waals surface area contributed by atoms with Crippen LogP contribution in [0.2, 0.25) is 0 Å². The topological polar surface area (TPSA) is 95.1 Å². The fraction of sp³-hybridized carbons (Fsp3) is 0.357. The lowest BCUT2D eigenvalue weighted by Crippen LogP contribution is -2.40. The molecule has 1 amide bonds. The molecule has 2 rings (SSSR count). The predicted octanol–water partition coefficient (Wildman–Crippen LogP) is 1.79. The van der Waals surface area contributed by atoms with Crippen LogP contribution in [0.4, 0.5) is 0 Å². The van der Waals surface area contributed by atoms with Crippen molar-refractivity contribution in [3.8, 4) is 0 Å². The fourth-order valence-electron chi connectivity index (χ4n) is 1.85. The van der Waals surface area contributed by atoms with E-state index in [4.69, 9.17) is 0 Å². The molecule has 1 heterocycles. The molecule has 1 aromatic heterocycles. The molecule has 2 aromatic rings. The first-order chi connectivity index (χ1) is 9.48. The van der Waals surface area contributed by atoms with Gasteiger partial charge in [-0.15, -0.1) is 0 Å². The van der Waals surface area contributed by atoms with Gasteiger partial charge in [0.15, 0.2) is 5.69 Å². The van der Waals surface area contributed by atoms with E-state index in [-0.39, 0.29) is 18.1 Å². The number of carbonyl (C=O) groups excluding carboxylic acids is 1. The molecule has 106 valence electrons. The highest BCUT2D eigenvalue weighted by Crippen LogP contribution is 2.20. The first-order valence-corrected chi connectivity index (χ1v) is 6.42. The Morgan fingerprint density at radius 2 is 2.10 bits per heavy atom. The summed E-state index contributed by atoms with van der Waals surface area (Å²) in [6.07, 6.45) is 0.434. The van der Waals surface area contributed by atoms with Crippen molar-refractivity contribution in [2.24, 2.45) is 5.41 Å². The molecule has 0 aliphatic rings. The molecule has 0 saturated carbocycles. The standard InChI is InChI=1S/C14H17N3O3/c1-3-14(2,13(19)20)8-15-12(18)11-9-6-4-5-7-10(9)16-17-11/h4-7H,3,8H2,1-2H3,(H,15,18)(H,16,17)(H,19,20). The van der Waals surface area contributed by atoms with Gasteiger partial charge in [0, 0.05) is 11.9 Å². The highest BCUT2D eigenvalue weighted by atomic mass is 16.4. The molecule has 0 radical (unpaired) electrons. The van der Waals surface area contributed by atoms with Gasteiger partial charge in [0.25, 0.3) is 5.91 Å². The van der Waals surface area contributed by atoms with E-state index in [0.29, 0.717) is 6.42 Å². The Balaban J connectivity index is 2.15. The molecule has 6 heteroatoms. The third kappa shape index (κ3) is 2.49. The number of carboxylic acids is 1. The molecular weight excluding hydrogens is 258 g/mol. The number of hydrogen-bond acceptors (Lipinski definition) is 3. The molecule has 3 N–H and O–H groups in total. The van der Waals surface area contributed by atoms with E-state index in [1.165, 1.54) is 0 Å². The van der Waals surface area contributed by atoms with Gasteiger partial charge in [-0.25, -0.2) is 0 Å². The minimum Gasteiger partial charge on any atom is -0.481 e. The van der Waals surface area contributed by atoms with Gasteiger partial charge in [-0.1, -0.05) is 25.1 Å². The molecule has 0 spiro atoms. The third-order valence-corrected chi connectivity index (χ3v) is 3.62. The number of fused-ring (bicyclic) bond motifs is 1. The number of aliphatic carboxylic acids is 1. The Morgan fingerprint density at radius 1 is 1.40 bits per heavy atom. The van der Waals surface area contributed by atoms with Crippen molar-refractivity contribution in [2.45, 2.75) is 20.3 Å². The van der Waals surface area contributed by atoms with Gasteiger partial charge in [-0.05, 0) is 19.4 Å². The molecular formula is C14H17N3O3. The second-order valence-electron chi connectivity index (χ2n) is 5.02. The maximum Gasteiger partial charge on any atom is 0.311 e. The molecule has 1 aromatic carbocycles. The number of aromatic nitrogens is 2. The molecule has 0 aliphatic carbocycles. The third-order valence-electron chi connectivity index (χ3n) is 3.62. The number of aromatic amines is 1. The van der Waals surface area contributed by atoms with Crippen molar-refractivity contribution >= 4 is 22.8 Å². The molecule has 1 unspecified atom stereocenters. The second kappa shape index (κ2) is 5.32. The Morgan fingerprint density at radius 3 is 2.75 bits per heavy atom. The van der Waals surface area contributed by atoms with E-state index in [9.17, 15) is 14.7 Å². The van der Waals surface area contributed by atoms with Crippen LogP contribution in [0.3, 0.4) is 0 Å². The summed E-state index contributed by atoms with van der Waals surface area (Å²) in [6, 6.07) is 7.29. The van der Waals surface area contributed by atoms with Crippen molar-refractivity contribution in [3.63, 3.8) is 0 Å². The van der Waals surface area contributed by atoms with Gasteiger partial charge in [-0.2, -0.15) is 5.10 Å². The average Bonchev–Trinajstić information content (AvgIpc) is 2.88. The summed E-state index contributed by atoms with van der Waals surface area (Å²) in [5.41, 5.74) is 0.0838. The van der Waals surface area contributed by atoms with Crippen LogP contribution >= 0.6 is 0 Å². The molecule has 0 aliphatic heterocycles. The van der Waals surface area contributed by atoms with Crippen LogP contribution in [0.1, 0.15) is 30.8 Å². The van der Waals surface area contributed by atoms with Gasteiger partial charge in [0.1, 0.15) is 0 Å². The number of benzene rings is 1. The van der Waals surface area contributed by atoms with Crippen molar-refractivity contribution in [1.29, 1.82) is 0 Å². The van der Waals surface area contributed by atoms with E-state index in [1.54, 1.807) is 19.9 Å².